The zero-order chi connectivity index (χ0) is 6.81. The summed E-state index contributed by atoms with van der Waals surface area (Å²) in [6, 6.07) is 0. The fourth-order valence-corrected chi connectivity index (χ4v) is 0.764. The van der Waals surface area contributed by atoms with E-state index in [2.05, 4.69) is 20.5 Å². The third-order valence-corrected chi connectivity index (χ3v) is 1.21. The maximum absolute atomic E-state index is 4.00. The zero-order valence-corrected chi connectivity index (χ0v) is 5.15. The zero-order valence-electron chi connectivity index (χ0n) is 5.15. The van der Waals surface area contributed by atoms with Gasteiger partial charge in [0.05, 0.1) is 6.20 Å². The van der Waals surface area contributed by atoms with Crippen molar-refractivity contribution in [1.82, 2.24) is 15.4 Å². The van der Waals surface area contributed by atoms with Crippen LogP contribution in [0.1, 0.15) is 5.82 Å². The lowest BCUT2D eigenvalue weighted by Gasteiger charge is -1.86. The molecule has 10 heavy (non-hydrogen) atoms. The highest BCUT2D eigenvalue weighted by molar-refractivity contribution is 6.06. The van der Waals surface area contributed by atoms with E-state index in [0.717, 1.165) is 11.5 Å². The molecular weight excluding hydrogens is 128 g/mol. The molecule has 4 nitrogen and oxygen atoms in total. The van der Waals surface area contributed by atoms with Gasteiger partial charge in [0.15, 0.2) is 5.82 Å². The van der Waals surface area contributed by atoms with Gasteiger partial charge in [0.25, 0.3) is 0 Å². The molecule has 1 aliphatic heterocycles. The molecule has 0 spiro atoms. The van der Waals surface area contributed by atoms with E-state index in [9.17, 15) is 0 Å². The molecule has 2 heterocycles. The Morgan fingerprint density at radius 3 is 3.00 bits per heavy atom. The third kappa shape index (κ3) is 0.699. The molecule has 0 saturated heterocycles. The maximum atomic E-state index is 4.00. The predicted molar refractivity (Wildman–Crippen MR) is 36.4 cm³/mol. The van der Waals surface area contributed by atoms with Crippen LogP contribution in [0, 0.1) is 0 Å². The molecule has 1 aromatic heterocycles. The van der Waals surface area contributed by atoms with Crippen molar-refractivity contribution in [3.63, 3.8) is 0 Å². The Labute approximate surface area is 57.7 Å². The first-order chi connectivity index (χ1) is 4.97. The van der Waals surface area contributed by atoms with E-state index in [1.807, 2.05) is 0 Å². The van der Waals surface area contributed by atoms with E-state index in [0.29, 0.717) is 0 Å². The van der Waals surface area contributed by atoms with Gasteiger partial charge >= 0.3 is 0 Å². The van der Waals surface area contributed by atoms with Crippen LogP contribution in [0.4, 0.5) is 0 Å². The van der Waals surface area contributed by atoms with E-state index >= 15 is 0 Å². The largest absolute Gasteiger partial charge is 0.343 e. The van der Waals surface area contributed by atoms with E-state index in [4.69, 9.17) is 0 Å². The number of aromatic amines is 1. The van der Waals surface area contributed by atoms with Crippen molar-refractivity contribution in [3.05, 3.63) is 30.5 Å². The number of rotatable bonds is 1. The standard InChI is InChI=1S/C6H5N4/c1-2-9-10-5(1)6-7-3-4-8-6/h1-4H,(H,7,8). The van der Waals surface area contributed by atoms with Gasteiger partial charge in [0.1, 0.15) is 5.71 Å². The molecule has 1 radical (unpaired) electrons. The Kier molecular flexibility index (Phi) is 1.04. The molecule has 0 fully saturated rings. The molecule has 1 aromatic rings. The molecule has 0 amide bonds. The van der Waals surface area contributed by atoms with Crippen LogP contribution in [0.25, 0.3) is 0 Å². The minimum atomic E-state index is 0.762. The lowest BCUT2D eigenvalue weighted by Crippen LogP contribution is -1.96. The van der Waals surface area contributed by atoms with Crippen LogP contribution in [0.2, 0.25) is 0 Å². The summed E-state index contributed by atoms with van der Waals surface area (Å²) < 4.78 is 0. The van der Waals surface area contributed by atoms with Gasteiger partial charge in [-0.1, -0.05) is 0 Å². The average molecular weight is 133 g/mol. The Balaban J connectivity index is 2.36. The van der Waals surface area contributed by atoms with Crippen LogP contribution in [0.5, 0.6) is 0 Å². The summed E-state index contributed by atoms with van der Waals surface area (Å²) in [5.74, 6) is 0.762. The van der Waals surface area contributed by atoms with Crippen LogP contribution in [-0.2, 0) is 0 Å². The summed E-state index contributed by atoms with van der Waals surface area (Å²) in [4.78, 5) is 6.93. The van der Waals surface area contributed by atoms with Crippen molar-refractivity contribution in [1.29, 1.82) is 0 Å². The average Bonchev–Trinajstić information content (AvgIpc) is 2.59. The number of nitrogens with one attached hydrogen (secondary N) is 1. The summed E-state index contributed by atoms with van der Waals surface area (Å²) >= 11 is 0. The molecule has 0 atom stereocenters. The van der Waals surface area contributed by atoms with E-state index < -0.39 is 0 Å². The van der Waals surface area contributed by atoms with Gasteiger partial charge in [-0.3, -0.25) is 0 Å². The molecule has 49 valence electrons. The molecule has 0 bridgehead atoms. The van der Waals surface area contributed by atoms with Crippen molar-refractivity contribution in [3.8, 4) is 0 Å². The molecule has 0 aromatic carbocycles. The van der Waals surface area contributed by atoms with Crippen LogP contribution >= 0.6 is 0 Å². The van der Waals surface area contributed by atoms with Crippen LogP contribution < -0.4 is 5.43 Å². The van der Waals surface area contributed by atoms with Crippen molar-refractivity contribution in [2.45, 2.75) is 0 Å². The first kappa shape index (κ1) is 5.22. The molecule has 1 aliphatic rings. The molecule has 4 heteroatoms. The lowest BCUT2D eigenvalue weighted by molar-refractivity contribution is 0.969. The van der Waals surface area contributed by atoms with Gasteiger partial charge in [-0.15, -0.1) is 5.10 Å². The topological polar surface area (TPSA) is 55.1 Å². The third-order valence-electron chi connectivity index (χ3n) is 1.21. The van der Waals surface area contributed by atoms with Crippen molar-refractivity contribution in [2.75, 3.05) is 0 Å². The van der Waals surface area contributed by atoms with Gasteiger partial charge in [0, 0.05) is 12.4 Å². The second-order valence-corrected chi connectivity index (χ2v) is 1.85. The van der Waals surface area contributed by atoms with Crippen LogP contribution in [0.3, 0.4) is 0 Å². The quantitative estimate of drug-likeness (QED) is 0.586. The van der Waals surface area contributed by atoms with Crippen molar-refractivity contribution < 1.29 is 0 Å². The fraction of sp³-hybridized carbons (Fsp3) is 0. The SMILES string of the molecule is C1=CC(c2ncc[nH]2)=N[N]1. The number of nitrogens with zero attached hydrogens (tertiary/aromatic N) is 3. The highest BCUT2D eigenvalue weighted by atomic mass is 15.3. The summed E-state index contributed by atoms with van der Waals surface area (Å²) in [6.07, 6.45) is 6.88. The predicted octanol–water partition coefficient (Wildman–Crippen LogP) is 0.245. The summed E-state index contributed by atoms with van der Waals surface area (Å²) in [6.45, 7) is 0. The fourth-order valence-electron chi connectivity index (χ4n) is 0.764. The summed E-state index contributed by atoms with van der Waals surface area (Å²) in [5.41, 5.74) is 4.45. The summed E-state index contributed by atoms with van der Waals surface area (Å²) in [7, 11) is 0. The highest BCUT2D eigenvalue weighted by Gasteiger charge is 2.04. The number of hydrogen-bond acceptors (Lipinski definition) is 2. The first-order valence-corrected chi connectivity index (χ1v) is 2.91. The van der Waals surface area contributed by atoms with Gasteiger partial charge in [0.2, 0.25) is 0 Å². The Morgan fingerprint density at radius 1 is 1.40 bits per heavy atom. The second kappa shape index (κ2) is 1.98. The molecule has 2 rings (SSSR count). The molecule has 0 saturated carbocycles. The van der Waals surface area contributed by atoms with Gasteiger partial charge in [-0.2, -0.15) is 5.43 Å². The number of aromatic nitrogens is 2. The Bertz CT molecular complexity index is 270. The van der Waals surface area contributed by atoms with E-state index in [1.165, 1.54) is 0 Å². The number of imidazole rings is 1. The van der Waals surface area contributed by atoms with Crippen molar-refractivity contribution >= 4 is 5.71 Å². The van der Waals surface area contributed by atoms with E-state index in [-0.39, 0.29) is 0 Å². The molecule has 1 N–H and O–H groups in total. The second-order valence-electron chi connectivity index (χ2n) is 1.85. The Hall–Kier alpha value is -1.58. The number of H-pyrrole nitrogens is 1. The normalized spacial score (nSPS) is 15.0. The van der Waals surface area contributed by atoms with Crippen LogP contribution in [0.15, 0.2) is 29.8 Å². The van der Waals surface area contributed by atoms with E-state index in [1.54, 1.807) is 24.7 Å². The highest BCUT2D eigenvalue weighted by Crippen LogP contribution is 1.98. The first-order valence-electron chi connectivity index (χ1n) is 2.91. The van der Waals surface area contributed by atoms with Gasteiger partial charge in [-0.25, -0.2) is 4.98 Å². The maximum Gasteiger partial charge on any atom is 0.157 e. The minimum absolute atomic E-state index is 0.762. The Morgan fingerprint density at radius 2 is 2.40 bits per heavy atom. The van der Waals surface area contributed by atoms with Gasteiger partial charge < -0.3 is 4.98 Å². The number of hydrogen-bond donors (Lipinski definition) is 1. The lowest BCUT2D eigenvalue weighted by atomic mass is 10.3. The van der Waals surface area contributed by atoms with Crippen molar-refractivity contribution in [2.24, 2.45) is 5.10 Å². The molecule has 0 unspecified atom stereocenters. The van der Waals surface area contributed by atoms with Crippen LogP contribution in [-0.4, -0.2) is 15.7 Å². The monoisotopic (exact) mass is 133 g/mol. The number of allylic oxidation sites excluding steroid dienone is 1. The minimum Gasteiger partial charge on any atom is -0.343 e. The van der Waals surface area contributed by atoms with Gasteiger partial charge in [-0.05, 0) is 6.08 Å². The smallest absolute Gasteiger partial charge is 0.157 e. The summed E-state index contributed by atoms with van der Waals surface area (Å²) in [5, 5.41) is 3.81. The molecule has 0 aliphatic carbocycles. The molecular formula is C6H5N4.